The maximum Gasteiger partial charge on any atom is 0.291 e. The third kappa shape index (κ3) is 9.04. The van der Waals surface area contributed by atoms with Crippen molar-refractivity contribution in [1.82, 2.24) is 19.3 Å². The van der Waals surface area contributed by atoms with Crippen molar-refractivity contribution in [3.8, 4) is 17.0 Å². The standard InChI is InChI=1S/C24H22Cl2N4O3.2HNO3/c1-29-23(8-9-28-29)17-2-5-19(6-3-17)31-13-20-14-32-24(33-20,15-30-11-10-27-16-30)21-7-4-18(25)12-22(21)26;2*2-1(3)4/h2-12,16,20H,13-15H2,1H3;2*(H,2,3,4)/t20-,24-;;/m1../s1. The van der Waals surface area contributed by atoms with Crippen LogP contribution in [0.3, 0.4) is 0 Å². The predicted octanol–water partition coefficient (Wildman–Crippen LogP) is 4.24. The molecule has 15 nitrogen and oxygen atoms in total. The van der Waals surface area contributed by atoms with Gasteiger partial charge in [0.1, 0.15) is 18.5 Å². The summed E-state index contributed by atoms with van der Waals surface area (Å²) in [6, 6.07) is 15.2. The topological polar surface area (TPSA) is 190 Å². The maximum absolute atomic E-state index is 8.36. The molecule has 0 radical (unpaired) electrons. The number of ether oxygens (including phenoxy) is 3. The first-order valence-electron chi connectivity index (χ1n) is 11.6. The highest BCUT2D eigenvalue weighted by Gasteiger charge is 2.45. The fourth-order valence-corrected chi connectivity index (χ4v) is 4.50. The fourth-order valence-electron chi connectivity index (χ4n) is 3.94. The van der Waals surface area contributed by atoms with Crippen molar-refractivity contribution in [2.24, 2.45) is 7.05 Å². The molecule has 1 saturated heterocycles. The number of rotatable bonds is 7. The predicted molar refractivity (Wildman–Crippen MR) is 143 cm³/mol. The molecule has 3 heterocycles. The highest BCUT2D eigenvalue weighted by Crippen LogP contribution is 2.40. The third-order valence-electron chi connectivity index (χ3n) is 5.56. The third-order valence-corrected chi connectivity index (χ3v) is 6.11. The van der Waals surface area contributed by atoms with Crippen LogP contribution in [-0.4, -0.2) is 59.2 Å². The smallest absolute Gasteiger partial charge is 0.291 e. The van der Waals surface area contributed by atoms with Crippen LogP contribution in [-0.2, 0) is 28.9 Å². The maximum atomic E-state index is 8.36. The van der Waals surface area contributed by atoms with Crippen LogP contribution in [0.4, 0.5) is 0 Å². The summed E-state index contributed by atoms with van der Waals surface area (Å²) >= 11 is 12.6. The first-order valence-corrected chi connectivity index (χ1v) is 12.4. The lowest BCUT2D eigenvalue weighted by atomic mass is 10.1. The molecule has 1 aliphatic rings. The van der Waals surface area contributed by atoms with E-state index >= 15 is 0 Å². The van der Waals surface area contributed by atoms with Gasteiger partial charge in [-0.1, -0.05) is 29.3 Å². The molecule has 0 bridgehead atoms. The van der Waals surface area contributed by atoms with Gasteiger partial charge in [-0.3, -0.25) is 4.68 Å². The van der Waals surface area contributed by atoms with Gasteiger partial charge in [0.25, 0.3) is 10.2 Å². The molecule has 1 fully saturated rings. The Labute approximate surface area is 242 Å². The van der Waals surface area contributed by atoms with Crippen LogP contribution >= 0.6 is 23.2 Å². The molecule has 0 spiro atoms. The number of aryl methyl sites for hydroxylation is 1. The van der Waals surface area contributed by atoms with Gasteiger partial charge in [-0.25, -0.2) is 4.98 Å². The number of nitrogens with zero attached hydrogens (tertiary/aromatic N) is 6. The van der Waals surface area contributed by atoms with Gasteiger partial charge in [0, 0.05) is 41.8 Å². The molecule has 0 unspecified atom stereocenters. The lowest BCUT2D eigenvalue weighted by molar-refractivity contribution is -0.742. The highest BCUT2D eigenvalue weighted by molar-refractivity contribution is 6.35. The average Bonchev–Trinajstić information content (AvgIpc) is 3.65. The monoisotopic (exact) mass is 610 g/mol. The number of hydrogen-bond donors (Lipinski definition) is 2. The Morgan fingerprint density at radius 3 is 2.34 bits per heavy atom. The van der Waals surface area contributed by atoms with Crippen LogP contribution in [0.2, 0.25) is 10.0 Å². The Morgan fingerprint density at radius 2 is 1.78 bits per heavy atom. The zero-order chi connectivity index (χ0) is 30.0. The van der Waals surface area contributed by atoms with E-state index in [9.17, 15) is 0 Å². The molecule has 218 valence electrons. The largest absolute Gasteiger partial charge is 0.491 e. The Bertz CT molecular complexity index is 1420. The lowest BCUT2D eigenvalue weighted by Crippen LogP contribution is -2.34. The van der Waals surface area contributed by atoms with Crippen molar-refractivity contribution in [3.05, 3.63) is 109 Å². The highest BCUT2D eigenvalue weighted by atomic mass is 35.5. The summed E-state index contributed by atoms with van der Waals surface area (Å²) < 4.78 is 22.4. The van der Waals surface area contributed by atoms with Crippen LogP contribution in [0.1, 0.15) is 5.56 Å². The summed E-state index contributed by atoms with van der Waals surface area (Å²) in [6.07, 6.45) is 6.77. The van der Waals surface area contributed by atoms with Gasteiger partial charge in [-0.2, -0.15) is 5.10 Å². The minimum Gasteiger partial charge on any atom is -0.491 e. The molecule has 2 N–H and O–H groups in total. The normalized spacial score (nSPS) is 17.5. The summed E-state index contributed by atoms with van der Waals surface area (Å²) in [6.45, 7) is 1.09. The molecule has 2 aromatic carbocycles. The van der Waals surface area contributed by atoms with E-state index in [1.807, 2.05) is 58.9 Å². The Balaban J connectivity index is 0.000000515. The Kier molecular flexibility index (Phi) is 10.8. The van der Waals surface area contributed by atoms with Crippen molar-refractivity contribution in [1.29, 1.82) is 0 Å². The van der Waals surface area contributed by atoms with E-state index in [2.05, 4.69) is 10.1 Å². The van der Waals surface area contributed by atoms with Crippen molar-refractivity contribution in [2.45, 2.75) is 18.4 Å². The van der Waals surface area contributed by atoms with Crippen LogP contribution in [0.5, 0.6) is 5.75 Å². The van der Waals surface area contributed by atoms with Gasteiger partial charge >= 0.3 is 0 Å². The van der Waals surface area contributed by atoms with Crippen molar-refractivity contribution in [2.75, 3.05) is 13.2 Å². The van der Waals surface area contributed by atoms with E-state index in [4.69, 9.17) is 68.1 Å². The molecule has 0 aliphatic carbocycles. The quantitative estimate of drug-likeness (QED) is 0.224. The minimum atomic E-state index is -1.50. The summed E-state index contributed by atoms with van der Waals surface area (Å²) in [5.74, 6) is -0.319. The van der Waals surface area contributed by atoms with Gasteiger partial charge in [-0.15, -0.1) is 20.2 Å². The SMILES string of the molecule is Cn1nccc1-c1ccc(OC[C@@H]2CO[C@@](Cn3ccnc3)(c3ccc(Cl)cc3Cl)O2)cc1.O=[N+]([O-])O.O=[N+]([O-])O. The van der Waals surface area contributed by atoms with Crippen LogP contribution in [0.15, 0.2) is 73.4 Å². The summed E-state index contributed by atoms with van der Waals surface area (Å²) in [5.41, 5.74) is 2.82. The second kappa shape index (κ2) is 14.3. The molecule has 41 heavy (non-hydrogen) atoms. The second-order valence-corrected chi connectivity index (χ2v) is 9.16. The molecular weight excluding hydrogens is 587 g/mol. The zero-order valence-corrected chi connectivity index (χ0v) is 22.8. The van der Waals surface area contributed by atoms with E-state index in [-0.39, 0.29) is 6.10 Å². The molecule has 1 aliphatic heterocycles. The Morgan fingerprint density at radius 1 is 1.10 bits per heavy atom. The lowest BCUT2D eigenvalue weighted by Gasteiger charge is -2.30. The summed E-state index contributed by atoms with van der Waals surface area (Å²) in [5, 5.41) is 32.5. The van der Waals surface area contributed by atoms with E-state index in [0.29, 0.717) is 35.4 Å². The summed E-state index contributed by atoms with van der Waals surface area (Å²) in [7, 11) is 1.92. The van der Waals surface area contributed by atoms with Crippen LogP contribution < -0.4 is 4.74 Å². The van der Waals surface area contributed by atoms with Gasteiger partial charge in [0.05, 0.1) is 30.2 Å². The number of hydrogen-bond acceptors (Lipinski definition) is 9. The van der Waals surface area contributed by atoms with Crippen LogP contribution in [0, 0.1) is 20.2 Å². The van der Waals surface area contributed by atoms with Crippen LogP contribution in [0.25, 0.3) is 11.3 Å². The van der Waals surface area contributed by atoms with Crippen molar-refractivity contribution < 1.29 is 34.8 Å². The zero-order valence-electron chi connectivity index (χ0n) is 21.3. The van der Waals surface area contributed by atoms with Crippen molar-refractivity contribution >= 4 is 23.2 Å². The Hall–Kier alpha value is -4.44. The number of benzene rings is 2. The van der Waals surface area contributed by atoms with Gasteiger partial charge < -0.3 is 29.2 Å². The van der Waals surface area contributed by atoms with Gasteiger partial charge in [0.2, 0.25) is 5.79 Å². The average molecular weight is 611 g/mol. The van der Waals surface area contributed by atoms with Crippen molar-refractivity contribution in [3.63, 3.8) is 0 Å². The van der Waals surface area contributed by atoms with E-state index < -0.39 is 16.0 Å². The van der Waals surface area contributed by atoms with E-state index in [0.717, 1.165) is 17.0 Å². The first kappa shape index (κ1) is 31.1. The molecule has 0 amide bonds. The second-order valence-electron chi connectivity index (χ2n) is 8.31. The molecule has 2 aromatic heterocycles. The number of imidazole rings is 1. The molecular formula is C24H24Cl2N6O9. The first-order chi connectivity index (χ1) is 19.5. The van der Waals surface area contributed by atoms with E-state index in [1.165, 1.54) is 0 Å². The molecule has 0 saturated carbocycles. The minimum absolute atomic E-state index is 0.281. The molecule has 5 rings (SSSR count). The van der Waals surface area contributed by atoms with Gasteiger partial charge in [-0.05, 0) is 42.5 Å². The summed E-state index contributed by atoms with van der Waals surface area (Å²) in [4.78, 5) is 20.8. The molecule has 4 aromatic rings. The number of aromatic nitrogens is 4. The molecule has 17 heteroatoms. The fraction of sp³-hybridized carbons (Fsp3) is 0.250. The van der Waals surface area contributed by atoms with Gasteiger partial charge in [0.15, 0.2) is 0 Å². The number of halogens is 2. The van der Waals surface area contributed by atoms with E-state index in [1.54, 1.807) is 30.9 Å². The molecule has 2 atom stereocenters.